The van der Waals surface area contributed by atoms with E-state index in [1.165, 1.54) is 12.1 Å². The van der Waals surface area contributed by atoms with Crippen molar-refractivity contribution < 1.29 is 30.0 Å². The van der Waals surface area contributed by atoms with E-state index in [-0.39, 0.29) is 20.4 Å². The molecular formula is C8Cl2N2O2Pd. The summed E-state index contributed by atoms with van der Waals surface area (Å²) in [6.07, 6.45) is 0. The van der Waals surface area contributed by atoms with E-state index in [9.17, 15) is 9.59 Å². The second-order valence-electron chi connectivity index (χ2n) is 2.26. The third kappa shape index (κ3) is 2.17. The molecule has 0 fully saturated rings. The Kier molecular flexibility index (Phi) is 4.88. The molecule has 0 saturated heterocycles. The quantitative estimate of drug-likeness (QED) is 0.492. The van der Waals surface area contributed by atoms with Crippen molar-refractivity contribution in [1.82, 2.24) is 0 Å². The minimum Gasteiger partial charge on any atom is -0.287 e. The van der Waals surface area contributed by atoms with Crippen LogP contribution < -0.4 is 0 Å². The first-order valence-corrected chi connectivity index (χ1v) is 3.99. The molecule has 1 aliphatic rings. The molecule has 1 rings (SSSR count). The smallest absolute Gasteiger partial charge is 0.218 e. The summed E-state index contributed by atoms with van der Waals surface area (Å²) in [5.41, 5.74) is -1.13. The Morgan fingerprint density at radius 3 is 1.33 bits per heavy atom. The van der Waals surface area contributed by atoms with Crippen LogP contribution in [0.1, 0.15) is 0 Å². The van der Waals surface area contributed by atoms with Gasteiger partial charge in [-0.3, -0.25) is 9.59 Å². The van der Waals surface area contributed by atoms with Crippen molar-refractivity contribution >= 4 is 34.8 Å². The number of carbonyl (C=O) groups is 2. The number of allylic oxidation sites excluding steroid dienone is 4. The van der Waals surface area contributed by atoms with E-state index in [0.29, 0.717) is 0 Å². The monoisotopic (exact) mass is 332 g/mol. The molecule has 0 amide bonds. The molecule has 0 aromatic rings. The molecule has 0 aliphatic heterocycles. The molecule has 0 radical (unpaired) electrons. The van der Waals surface area contributed by atoms with Crippen LogP contribution in [0, 0.1) is 22.7 Å². The van der Waals surface area contributed by atoms with E-state index in [1.807, 2.05) is 0 Å². The van der Waals surface area contributed by atoms with Gasteiger partial charge in [0.1, 0.15) is 33.3 Å². The first-order chi connectivity index (χ1) is 6.54. The van der Waals surface area contributed by atoms with E-state index in [0.717, 1.165) is 0 Å². The molecular weight excluding hydrogens is 333 g/mol. The Hall–Kier alpha value is -0.958. The van der Waals surface area contributed by atoms with Gasteiger partial charge < -0.3 is 0 Å². The maximum atomic E-state index is 11.2. The van der Waals surface area contributed by atoms with Gasteiger partial charge in [0.25, 0.3) is 0 Å². The molecule has 0 bridgehead atoms. The van der Waals surface area contributed by atoms with Gasteiger partial charge in [0, 0.05) is 20.4 Å². The Labute approximate surface area is 108 Å². The second kappa shape index (κ2) is 5.22. The molecule has 0 atom stereocenters. The Morgan fingerprint density at radius 2 is 1.13 bits per heavy atom. The summed E-state index contributed by atoms with van der Waals surface area (Å²) in [7, 11) is 0. The van der Waals surface area contributed by atoms with Gasteiger partial charge in [-0.2, -0.15) is 10.5 Å². The number of nitriles is 2. The summed E-state index contributed by atoms with van der Waals surface area (Å²) < 4.78 is 0. The number of nitrogens with zero attached hydrogens (tertiary/aromatic N) is 2. The Morgan fingerprint density at radius 1 is 0.867 bits per heavy atom. The van der Waals surface area contributed by atoms with Gasteiger partial charge in [-0.1, -0.05) is 23.2 Å². The third-order valence-electron chi connectivity index (χ3n) is 1.52. The van der Waals surface area contributed by atoms with Crippen LogP contribution in [0.5, 0.6) is 0 Å². The summed E-state index contributed by atoms with van der Waals surface area (Å²) in [6.45, 7) is 0. The number of halogens is 2. The van der Waals surface area contributed by atoms with Crippen LogP contribution in [-0.4, -0.2) is 11.6 Å². The Balaban J connectivity index is 0.00000196. The summed E-state index contributed by atoms with van der Waals surface area (Å²) in [5, 5.41) is 16.0. The summed E-state index contributed by atoms with van der Waals surface area (Å²) in [6, 6.07) is 2.89. The number of hydrogen-bond donors (Lipinski definition) is 0. The van der Waals surface area contributed by atoms with Crippen molar-refractivity contribution in [3.8, 4) is 12.1 Å². The third-order valence-corrected chi connectivity index (χ3v) is 2.34. The van der Waals surface area contributed by atoms with E-state index >= 15 is 0 Å². The van der Waals surface area contributed by atoms with E-state index in [4.69, 9.17) is 33.7 Å². The Bertz CT molecular complexity index is 450. The van der Waals surface area contributed by atoms with Crippen molar-refractivity contribution in [2.75, 3.05) is 0 Å². The molecule has 0 aromatic carbocycles. The fourth-order valence-corrected chi connectivity index (χ4v) is 1.22. The topological polar surface area (TPSA) is 81.7 Å². The van der Waals surface area contributed by atoms with Crippen molar-refractivity contribution in [1.29, 1.82) is 10.5 Å². The molecule has 0 N–H and O–H groups in total. The standard InChI is InChI=1S/C8Cl2N2O2.Pd/c9-5-6(10)8(14)4(2-12)3(1-11)7(5)13;. The normalized spacial score (nSPS) is 15.7. The van der Waals surface area contributed by atoms with Crippen molar-refractivity contribution in [3.05, 3.63) is 21.2 Å². The van der Waals surface area contributed by atoms with Gasteiger partial charge in [-0.15, -0.1) is 0 Å². The minimum atomic E-state index is -0.893. The molecule has 4 nitrogen and oxygen atoms in total. The average Bonchev–Trinajstić information content (AvgIpc) is 2.20. The maximum absolute atomic E-state index is 11.2. The zero-order chi connectivity index (χ0) is 10.9. The van der Waals surface area contributed by atoms with Gasteiger partial charge >= 0.3 is 0 Å². The van der Waals surface area contributed by atoms with Gasteiger partial charge in [-0.25, -0.2) is 0 Å². The number of hydrogen-bond acceptors (Lipinski definition) is 4. The van der Waals surface area contributed by atoms with Crippen molar-refractivity contribution in [2.45, 2.75) is 0 Å². The molecule has 0 unspecified atom stereocenters. The van der Waals surface area contributed by atoms with E-state index < -0.39 is 32.8 Å². The number of carbonyl (C=O) groups excluding carboxylic acids is 2. The van der Waals surface area contributed by atoms with Gasteiger partial charge in [0.05, 0.1) is 0 Å². The largest absolute Gasteiger partial charge is 0.287 e. The molecule has 0 saturated carbocycles. The SMILES string of the molecule is N#CC1=C(C#N)C(=O)C(Cl)=C(Cl)C1=O.[Pd]. The molecule has 1 aliphatic carbocycles. The maximum Gasteiger partial charge on any atom is 0.218 e. The molecule has 0 aromatic heterocycles. The number of ketones is 2. The van der Waals surface area contributed by atoms with Crippen molar-refractivity contribution in [2.24, 2.45) is 0 Å². The van der Waals surface area contributed by atoms with Crippen LogP contribution >= 0.6 is 23.2 Å². The molecule has 7 heteroatoms. The number of Topliss-reactive ketones (excluding diaryl/α,β-unsaturated/α-hetero) is 2. The zero-order valence-electron chi connectivity index (χ0n) is 6.78. The first kappa shape index (κ1) is 14.0. The molecule has 15 heavy (non-hydrogen) atoms. The van der Waals surface area contributed by atoms with Gasteiger partial charge in [-0.05, 0) is 0 Å². The summed E-state index contributed by atoms with van der Waals surface area (Å²) in [5.74, 6) is -1.79. The van der Waals surface area contributed by atoms with Gasteiger partial charge in [0.2, 0.25) is 11.6 Å². The van der Waals surface area contributed by atoms with Crippen LogP contribution in [0.3, 0.4) is 0 Å². The van der Waals surface area contributed by atoms with E-state index in [1.54, 1.807) is 0 Å². The average molecular weight is 333 g/mol. The fraction of sp³-hybridized carbons (Fsp3) is 0. The minimum absolute atomic E-state index is 0. The van der Waals surface area contributed by atoms with Gasteiger partial charge in [0.15, 0.2) is 0 Å². The molecule has 0 spiro atoms. The first-order valence-electron chi connectivity index (χ1n) is 3.23. The van der Waals surface area contributed by atoms with Crippen molar-refractivity contribution in [3.63, 3.8) is 0 Å². The van der Waals surface area contributed by atoms with Crippen LogP contribution in [0.25, 0.3) is 0 Å². The zero-order valence-corrected chi connectivity index (χ0v) is 9.85. The molecule has 78 valence electrons. The van der Waals surface area contributed by atoms with Crippen LogP contribution in [0.2, 0.25) is 0 Å². The van der Waals surface area contributed by atoms with Crippen LogP contribution in [-0.2, 0) is 30.0 Å². The summed E-state index contributed by atoms with van der Waals surface area (Å²) in [4.78, 5) is 22.4. The molecule has 0 heterocycles. The second-order valence-corrected chi connectivity index (χ2v) is 3.02. The number of rotatable bonds is 0. The van der Waals surface area contributed by atoms with E-state index in [2.05, 4.69) is 0 Å². The predicted octanol–water partition coefficient (Wildman–Crippen LogP) is 1.17. The summed E-state index contributed by atoms with van der Waals surface area (Å²) >= 11 is 10.8. The van der Waals surface area contributed by atoms with Crippen LogP contribution in [0.15, 0.2) is 21.2 Å². The van der Waals surface area contributed by atoms with Crippen LogP contribution in [0.4, 0.5) is 0 Å². The predicted molar refractivity (Wildman–Crippen MR) is 47.0 cm³/mol. The fourth-order valence-electron chi connectivity index (χ4n) is 0.859.